The predicted octanol–water partition coefficient (Wildman–Crippen LogP) is 6.28. The summed E-state index contributed by atoms with van der Waals surface area (Å²) in [5.41, 5.74) is 3.60. The van der Waals surface area contributed by atoms with Crippen LogP contribution in [0.5, 0.6) is 5.75 Å². The van der Waals surface area contributed by atoms with E-state index < -0.39 is 35.0 Å². The number of aryl methyl sites for hydroxylation is 1. The van der Waals surface area contributed by atoms with Crippen LogP contribution in [0.3, 0.4) is 0 Å². The number of rotatable bonds is 4. The van der Waals surface area contributed by atoms with Crippen LogP contribution in [-0.2, 0) is 19.2 Å². The Morgan fingerprint density at radius 2 is 1.50 bits per heavy atom. The molecule has 4 aliphatic rings. The summed E-state index contributed by atoms with van der Waals surface area (Å²) in [4.78, 5) is 70.5. The number of anilines is 1. The molecule has 3 aromatic rings. The minimum Gasteiger partial charge on any atom is -0.508 e. The summed E-state index contributed by atoms with van der Waals surface area (Å²) >= 11 is 0. The van der Waals surface area contributed by atoms with Gasteiger partial charge in [0.05, 0.1) is 22.9 Å². The van der Waals surface area contributed by atoms with Crippen LogP contribution < -0.4 is 4.90 Å². The van der Waals surface area contributed by atoms with Gasteiger partial charge in [0.1, 0.15) is 5.75 Å². The molecule has 0 unspecified atom stereocenters. The molecule has 2 amide bonds. The molecule has 7 rings (SSSR count). The van der Waals surface area contributed by atoms with Crippen molar-refractivity contribution in [1.82, 2.24) is 0 Å². The summed E-state index contributed by atoms with van der Waals surface area (Å²) in [5, 5.41) is 10.3. The van der Waals surface area contributed by atoms with Crippen molar-refractivity contribution in [2.24, 2.45) is 29.1 Å². The van der Waals surface area contributed by atoms with Gasteiger partial charge in [-0.2, -0.15) is 0 Å². The van der Waals surface area contributed by atoms with Gasteiger partial charge in [0.2, 0.25) is 11.8 Å². The Balaban J connectivity index is 1.28. The van der Waals surface area contributed by atoms with Gasteiger partial charge in [0.15, 0.2) is 17.3 Å². The molecule has 232 valence electrons. The Kier molecular flexibility index (Phi) is 6.85. The number of amides is 2. The monoisotopic (exact) mass is 613 g/mol. The lowest BCUT2D eigenvalue weighted by molar-refractivity contribution is -0.142. The number of carbonyl (C=O) groups is 5. The van der Waals surface area contributed by atoms with E-state index in [4.69, 9.17) is 0 Å². The number of aromatic hydroxyl groups is 1. The van der Waals surface area contributed by atoms with E-state index in [0.29, 0.717) is 46.4 Å². The molecular weight excluding hydrogens is 578 g/mol. The van der Waals surface area contributed by atoms with Crippen LogP contribution in [0.2, 0.25) is 0 Å². The molecule has 6 atom stereocenters. The maximum absolute atomic E-state index is 14.3. The fourth-order valence-electron chi connectivity index (χ4n) is 8.59. The van der Waals surface area contributed by atoms with Crippen LogP contribution >= 0.6 is 0 Å². The number of benzene rings is 3. The van der Waals surface area contributed by atoms with Crippen LogP contribution in [0.4, 0.5) is 5.69 Å². The normalized spacial score (nSPS) is 28.9. The van der Waals surface area contributed by atoms with Crippen molar-refractivity contribution in [3.05, 3.63) is 118 Å². The summed E-state index contributed by atoms with van der Waals surface area (Å²) < 4.78 is 0. The highest BCUT2D eigenvalue weighted by molar-refractivity contribution is 6.23. The summed E-state index contributed by atoms with van der Waals surface area (Å²) in [6.45, 7) is 7.07. The summed E-state index contributed by atoms with van der Waals surface area (Å²) in [5.74, 6) is -3.66. The lowest BCUT2D eigenvalue weighted by Crippen LogP contribution is -2.55. The molecule has 1 saturated heterocycles. The number of hydrogen-bond donors (Lipinski definition) is 1. The number of Topliss-reactive ketones (excluding diaryl/α,β-unsaturated/α-hetero) is 2. The topological polar surface area (TPSA) is 109 Å². The number of fused-ring (bicyclic) bond motifs is 4. The average Bonchev–Trinajstić information content (AvgIpc) is 3.33. The van der Waals surface area contributed by atoms with Crippen LogP contribution in [0, 0.1) is 36.0 Å². The zero-order valence-electron chi connectivity index (χ0n) is 26.2. The fraction of sp³-hybridized carbons (Fsp3) is 0.308. The number of imide groups is 1. The van der Waals surface area contributed by atoms with Crippen LogP contribution in [-0.4, -0.2) is 34.3 Å². The highest BCUT2D eigenvalue weighted by atomic mass is 16.3. The SMILES string of the molecule is CC1=C(C)C(=O)[C@@]2(C)[C@@H](c3ccc(O)c(C)c3)C3=CC[C@@H]4C(=O)N(c5ccc(C(=O)c6ccccc6)cc5)C(=O)[C@@H]4[C@@H]3C[C@H]2C1=O. The van der Waals surface area contributed by atoms with E-state index in [0.717, 1.165) is 11.1 Å². The van der Waals surface area contributed by atoms with Gasteiger partial charge in [-0.05, 0) is 92.1 Å². The molecule has 46 heavy (non-hydrogen) atoms. The molecule has 2 fully saturated rings. The summed E-state index contributed by atoms with van der Waals surface area (Å²) in [6.07, 6.45) is 2.66. The van der Waals surface area contributed by atoms with Crippen molar-refractivity contribution in [3.8, 4) is 5.75 Å². The van der Waals surface area contributed by atoms with E-state index in [-0.39, 0.29) is 34.9 Å². The number of ketones is 3. The first-order valence-electron chi connectivity index (χ1n) is 15.8. The van der Waals surface area contributed by atoms with Gasteiger partial charge in [-0.25, -0.2) is 0 Å². The van der Waals surface area contributed by atoms with Gasteiger partial charge in [0, 0.05) is 23.0 Å². The van der Waals surface area contributed by atoms with Gasteiger partial charge in [-0.1, -0.05) is 61.0 Å². The molecule has 1 aliphatic heterocycles. The molecule has 3 aromatic carbocycles. The number of phenolic OH excluding ortho intramolecular Hbond substituents is 1. The molecule has 0 aromatic heterocycles. The van der Waals surface area contributed by atoms with Crippen molar-refractivity contribution in [3.63, 3.8) is 0 Å². The maximum atomic E-state index is 14.3. The first-order chi connectivity index (χ1) is 21.9. The Hall–Kier alpha value is -4.91. The van der Waals surface area contributed by atoms with Crippen molar-refractivity contribution < 1.29 is 29.1 Å². The molecule has 0 bridgehead atoms. The van der Waals surface area contributed by atoms with Crippen molar-refractivity contribution >= 4 is 34.9 Å². The molecule has 1 heterocycles. The molecular formula is C39H35NO6. The van der Waals surface area contributed by atoms with Crippen LogP contribution in [0.1, 0.15) is 66.6 Å². The molecule has 1 N–H and O–H groups in total. The first-order valence-corrected chi connectivity index (χ1v) is 15.8. The Bertz CT molecular complexity index is 1920. The van der Waals surface area contributed by atoms with Gasteiger partial charge >= 0.3 is 0 Å². The van der Waals surface area contributed by atoms with Gasteiger partial charge in [-0.3, -0.25) is 28.9 Å². The first kappa shape index (κ1) is 29.8. The highest BCUT2D eigenvalue weighted by Gasteiger charge is 2.64. The second kappa shape index (κ2) is 10.6. The van der Waals surface area contributed by atoms with E-state index in [1.54, 1.807) is 81.4 Å². The second-order valence-electron chi connectivity index (χ2n) is 13.4. The minimum atomic E-state index is -1.08. The van der Waals surface area contributed by atoms with Gasteiger partial charge in [-0.15, -0.1) is 0 Å². The van der Waals surface area contributed by atoms with Crippen molar-refractivity contribution in [2.45, 2.75) is 46.5 Å². The fourth-order valence-corrected chi connectivity index (χ4v) is 8.59. The molecule has 7 nitrogen and oxygen atoms in total. The zero-order valence-corrected chi connectivity index (χ0v) is 26.2. The van der Waals surface area contributed by atoms with Crippen molar-refractivity contribution in [2.75, 3.05) is 4.90 Å². The molecule has 1 saturated carbocycles. The van der Waals surface area contributed by atoms with Gasteiger partial charge in [0.25, 0.3) is 0 Å². The second-order valence-corrected chi connectivity index (χ2v) is 13.4. The largest absolute Gasteiger partial charge is 0.508 e. The summed E-state index contributed by atoms with van der Waals surface area (Å²) in [7, 11) is 0. The smallest absolute Gasteiger partial charge is 0.238 e. The third kappa shape index (κ3) is 4.14. The van der Waals surface area contributed by atoms with E-state index in [1.807, 2.05) is 25.1 Å². The van der Waals surface area contributed by atoms with Crippen LogP contribution in [0.25, 0.3) is 0 Å². The lowest BCUT2D eigenvalue weighted by Gasteiger charge is -2.54. The molecule has 7 heteroatoms. The van der Waals surface area contributed by atoms with Crippen molar-refractivity contribution in [1.29, 1.82) is 0 Å². The van der Waals surface area contributed by atoms with E-state index >= 15 is 0 Å². The third-order valence-electron chi connectivity index (χ3n) is 11.1. The Morgan fingerprint density at radius 3 is 2.17 bits per heavy atom. The highest BCUT2D eigenvalue weighted by Crippen LogP contribution is 2.63. The van der Waals surface area contributed by atoms with E-state index in [9.17, 15) is 29.1 Å². The molecule has 3 aliphatic carbocycles. The number of nitrogens with zero attached hydrogens (tertiary/aromatic N) is 1. The third-order valence-corrected chi connectivity index (χ3v) is 11.1. The van der Waals surface area contributed by atoms with E-state index in [2.05, 4.69) is 0 Å². The number of allylic oxidation sites excluding steroid dienone is 4. The zero-order chi connectivity index (χ0) is 32.7. The quantitative estimate of drug-likeness (QED) is 0.211. The standard InChI is InChI=1S/C39H35NO6/c1-20-18-25(12-17-31(20)41)33-27-15-16-28-32(29(27)19-30-34(42)21(2)22(3)36(44)39(30,33)4)38(46)40(37(28)45)26-13-10-24(11-14-26)35(43)23-8-6-5-7-9-23/h5-15,17-18,28-30,32-33,41H,16,19H2,1-4H3/t28-,29+,30-,32-,33-,39+/m0/s1. The van der Waals surface area contributed by atoms with Gasteiger partial charge < -0.3 is 5.11 Å². The van der Waals surface area contributed by atoms with Crippen LogP contribution in [0.15, 0.2) is 95.6 Å². The number of hydrogen-bond acceptors (Lipinski definition) is 6. The summed E-state index contributed by atoms with van der Waals surface area (Å²) in [6, 6.07) is 20.7. The minimum absolute atomic E-state index is 0.0765. The number of carbonyl (C=O) groups excluding carboxylic acids is 5. The maximum Gasteiger partial charge on any atom is 0.238 e. The van der Waals surface area contributed by atoms with E-state index in [1.165, 1.54) is 4.90 Å². The molecule has 0 spiro atoms. The molecule has 0 radical (unpaired) electrons. The number of phenols is 1. The predicted molar refractivity (Wildman–Crippen MR) is 172 cm³/mol. The Labute approximate surface area is 267 Å². The lowest BCUT2D eigenvalue weighted by atomic mass is 9.46. The average molecular weight is 614 g/mol. The Morgan fingerprint density at radius 1 is 0.826 bits per heavy atom.